The van der Waals surface area contributed by atoms with E-state index in [0.717, 1.165) is 33.0 Å². The zero-order valence-electron chi connectivity index (χ0n) is 17.3. The largest absolute Gasteiger partial charge is 0.495 e. The van der Waals surface area contributed by atoms with Crippen LogP contribution in [0.5, 0.6) is 5.75 Å². The van der Waals surface area contributed by atoms with E-state index in [1.807, 2.05) is 37.4 Å². The molecule has 0 radical (unpaired) electrons. The van der Waals surface area contributed by atoms with Crippen LogP contribution in [-0.4, -0.2) is 25.5 Å². The number of thiazole rings is 1. The third-order valence-electron chi connectivity index (χ3n) is 4.91. The van der Waals surface area contributed by atoms with Crippen molar-refractivity contribution in [3.63, 3.8) is 0 Å². The fraction of sp³-hybridized carbons (Fsp3) is 0.130. The Balaban J connectivity index is 1.64. The van der Waals surface area contributed by atoms with E-state index in [9.17, 15) is 8.42 Å². The number of aryl methyl sites for hydroxylation is 2. The van der Waals surface area contributed by atoms with Crippen molar-refractivity contribution in [2.45, 2.75) is 18.7 Å². The first-order valence-electron chi connectivity index (χ1n) is 9.52. The molecule has 158 valence electrons. The number of nitrogens with one attached hydrogen (secondary N) is 1. The first kappa shape index (κ1) is 21.0. The maximum absolute atomic E-state index is 13.1. The predicted molar refractivity (Wildman–Crippen MR) is 124 cm³/mol. The van der Waals surface area contributed by atoms with Crippen LogP contribution in [0.15, 0.2) is 71.2 Å². The average Bonchev–Trinajstić information content (AvgIpc) is 3.26. The number of methoxy groups -OCH3 is 1. The zero-order chi connectivity index (χ0) is 22.0. The van der Waals surface area contributed by atoms with Gasteiger partial charge in [-0.25, -0.2) is 13.4 Å². The molecule has 4 aromatic rings. The molecule has 1 N–H and O–H groups in total. The van der Waals surface area contributed by atoms with Crippen LogP contribution in [0.3, 0.4) is 0 Å². The maximum atomic E-state index is 13.1. The Morgan fingerprint density at radius 3 is 2.45 bits per heavy atom. The molecule has 0 aliphatic rings. The predicted octanol–water partition coefficient (Wildman–Crippen LogP) is 5.30. The summed E-state index contributed by atoms with van der Waals surface area (Å²) < 4.78 is 34.1. The van der Waals surface area contributed by atoms with E-state index in [2.05, 4.69) is 14.7 Å². The molecule has 0 saturated carbocycles. The highest BCUT2D eigenvalue weighted by atomic mass is 32.2. The Morgan fingerprint density at radius 1 is 0.968 bits per heavy atom. The van der Waals surface area contributed by atoms with Gasteiger partial charge in [-0.1, -0.05) is 12.1 Å². The van der Waals surface area contributed by atoms with Crippen LogP contribution in [-0.2, 0) is 10.0 Å². The number of pyridine rings is 1. The second kappa shape index (κ2) is 8.49. The van der Waals surface area contributed by atoms with Crippen molar-refractivity contribution in [3.05, 3.63) is 77.4 Å². The lowest BCUT2D eigenvalue weighted by Gasteiger charge is -2.14. The number of anilines is 1. The van der Waals surface area contributed by atoms with E-state index < -0.39 is 10.0 Å². The smallest absolute Gasteiger partial charge is 0.265 e. The van der Waals surface area contributed by atoms with Crippen molar-refractivity contribution < 1.29 is 13.2 Å². The van der Waals surface area contributed by atoms with E-state index in [4.69, 9.17) is 4.74 Å². The Morgan fingerprint density at radius 2 is 1.71 bits per heavy atom. The number of rotatable bonds is 6. The van der Waals surface area contributed by atoms with Gasteiger partial charge in [-0.2, -0.15) is 0 Å². The van der Waals surface area contributed by atoms with Crippen LogP contribution in [0.4, 0.5) is 5.69 Å². The van der Waals surface area contributed by atoms with Crippen molar-refractivity contribution in [1.29, 1.82) is 0 Å². The van der Waals surface area contributed by atoms with Crippen LogP contribution in [0.1, 0.15) is 11.1 Å². The second-order valence-corrected chi connectivity index (χ2v) is 9.56. The third kappa shape index (κ3) is 4.45. The summed E-state index contributed by atoms with van der Waals surface area (Å²) >= 11 is 1.53. The molecule has 2 aromatic heterocycles. The minimum Gasteiger partial charge on any atom is -0.495 e. The zero-order valence-corrected chi connectivity index (χ0v) is 18.9. The first-order chi connectivity index (χ1) is 14.9. The molecule has 0 unspecified atom stereocenters. The summed E-state index contributed by atoms with van der Waals surface area (Å²) in [5.41, 5.74) is 4.89. The van der Waals surface area contributed by atoms with Crippen LogP contribution in [0.2, 0.25) is 0 Å². The van der Waals surface area contributed by atoms with Crippen LogP contribution >= 0.6 is 11.3 Å². The SMILES string of the molecule is COc1cc(C)c(C)cc1S(=O)(=O)Nc1cccc(-c2csc(-c3ccncc3)n2)c1. The van der Waals surface area contributed by atoms with Gasteiger partial charge in [0.1, 0.15) is 15.7 Å². The fourth-order valence-electron chi connectivity index (χ4n) is 3.12. The van der Waals surface area contributed by atoms with Crippen LogP contribution in [0, 0.1) is 13.8 Å². The highest BCUT2D eigenvalue weighted by Crippen LogP contribution is 2.32. The summed E-state index contributed by atoms with van der Waals surface area (Å²) in [6.07, 6.45) is 3.46. The molecule has 0 fully saturated rings. The van der Waals surface area contributed by atoms with Crippen molar-refractivity contribution in [2.24, 2.45) is 0 Å². The van der Waals surface area contributed by atoms with Crippen molar-refractivity contribution in [3.8, 4) is 27.6 Å². The molecule has 2 heterocycles. The molecule has 2 aromatic carbocycles. The van der Waals surface area contributed by atoms with Gasteiger partial charge in [-0.05, 0) is 61.4 Å². The highest BCUT2D eigenvalue weighted by molar-refractivity contribution is 7.92. The van der Waals surface area contributed by atoms with Gasteiger partial charge in [0.15, 0.2) is 0 Å². The van der Waals surface area contributed by atoms with Crippen molar-refractivity contribution in [2.75, 3.05) is 11.8 Å². The van der Waals surface area contributed by atoms with Crippen molar-refractivity contribution in [1.82, 2.24) is 9.97 Å². The molecule has 4 rings (SSSR count). The second-order valence-electron chi connectivity index (χ2n) is 7.05. The molecule has 6 nitrogen and oxygen atoms in total. The van der Waals surface area contributed by atoms with Gasteiger partial charge < -0.3 is 4.74 Å². The molecule has 31 heavy (non-hydrogen) atoms. The number of benzene rings is 2. The summed E-state index contributed by atoms with van der Waals surface area (Å²) in [6.45, 7) is 3.79. The van der Waals surface area contributed by atoms with Gasteiger partial charge in [-0.3, -0.25) is 9.71 Å². The van der Waals surface area contributed by atoms with Crippen LogP contribution < -0.4 is 9.46 Å². The quantitative estimate of drug-likeness (QED) is 0.430. The molecule has 0 spiro atoms. The molecule has 0 saturated heterocycles. The Hall–Kier alpha value is -3.23. The minimum absolute atomic E-state index is 0.108. The monoisotopic (exact) mass is 451 g/mol. The number of aromatic nitrogens is 2. The van der Waals surface area contributed by atoms with E-state index in [0.29, 0.717) is 11.4 Å². The normalized spacial score (nSPS) is 11.3. The molecule has 0 aliphatic heterocycles. The summed E-state index contributed by atoms with van der Waals surface area (Å²) in [6, 6.07) is 14.4. The topological polar surface area (TPSA) is 81.2 Å². The first-order valence-corrected chi connectivity index (χ1v) is 11.9. The molecular formula is C23H21N3O3S2. The van der Waals surface area contributed by atoms with Crippen LogP contribution in [0.25, 0.3) is 21.8 Å². The summed E-state index contributed by atoms with van der Waals surface area (Å²) in [7, 11) is -2.37. The van der Waals surface area contributed by atoms with Crippen molar-refractivity contribution >= 4 is 27.0 Å². The Labute approximate surface area is 185 Å². The average molecular weight is 452 g/mol. The van der Waals surface area contributed by atoms with Gasteiger partial charge in [0.2, 0.25) is 0 Å². The van der Waals surface area contributed by atoms with Gasteiger partial charge in [0, 0.05) is 34.6 Å². The standard InChI is InChI=1S/C23H21N3O3S2/c1-15-11-21(29-3)22(12-16(15)2)31(27,28)26-19-6-4-5-18(13-19)20-14-30-23(25-20)17-7-9-24-10-8-17/h4-14,26H,1-3H3. The molecule has 0 atom stereocenters. The van der Waals surface area contributed by atoms with Gasteiger partial charge >= 0.3 is 0 Å². The summed E-state index contributed by atoms with van der Waals surface area (Å²) in [4.78, 5) is 8.83. The Bertz CT molecular complexity index is 1330. The highest BCUT2D eigenvalue weighted by Gasteiger charge is 2.21. The molecule has 0 amide bonds. The number of nitrogens with zero attached hydrogens (tertiary/aromatic N) is 2. The van der Waals surface area contributed by atoms with E-state index in [-0.39, 0.29) is 4.90 Å². The minimum atomic E-state index is -3.83. The summed E-state index contributed by atoms with van der Waals surface area (Å²) in [5, 5.41) is 2.83. The molecule has 0 bridgehead atoms. The van der Waals surface area contributed by atoms with E-state index in [1.54, 1.807) is 42.7 Å². The lowest BCUT2D eigenvalue weighted by molar-refractivity contribution is 0.402. The molecule has 8 heteroatoms. The molecular weight excluding hydrogens is 430 g/mol. The Kier molecular flexibility index (Phi) is 5.75. The molecule has 0 aliphatic carbocycles. The lowest BCUT2D eigenvalue weighted by atomic mass is 10.1. The van der Waals surface area contributed by atoms with E-state index in [1.165, 1.54) is 18.4 Å². The fourth-order valence-corrected chi connectivity index (χ4v) is 5.24. The van der Waals surface area contributed by atoms with Gasteiger partial charge in [-0.15, -0.1) is 11.3 Å². The van der Waals surface area contributed by atoms with Gasteiger partial charge in [0.25, 0.3) is 10.0 Å². The van der Waals surface area contributed by atoms with E-state index >= 15 is 0 Å². The lowest BCUT2D eigenvalue weighted by Crippen LogP contribution is -2.14. The number of ether oxygens (including phenoxy) is 1. The number of hydrogen-bond donors (Lipinski definition) is 1. The number of hydrogen-bond acceptors (Lipinski definition) is 6. The van der Waals surface area contributed by atoms with Gasteiger partial charge in [0.05, 0.1) is 12.8 Å². The summed E-state index contributed by atoms with van der Waals surface area (Å²) in [5.74, 6) is 0.313. The maximum Gasteiger partial charge on any atom is 0.265 e. The third-order valence-corrected chi connectivity index (χ3v) is 7.21. The number of sulfonamides is 1.